The summed E-state index contributed by atoms with van der Waals surface area (Å²) in [4.78, 5) is 0. The molecule has 610 valence electrons. The molecule has 0 unspecified atom stereocenters. The third-order valence-electron chi connectivity index (χ3n) is 36.1. The van der Waals surface area contributed by atoms with Gasteiger partial charge in [0, 0.05) is 43.3 Å². The highest BCUT2D eigenvalue weighted by Crippen LogP contribution is 2.68. The lowest BCUT2D eigenvalue weighted by Crippen LogP contribution is -2.58. The summed E-state index contributed by atoms with van der Waals surface area (Å²) in [6.45, 7) is 39.2. The van der Waals surface area contributed by atoms with E-state index in [9.17, 15) is 10.5 Å². The third-order valence-corrected chi connectivity index (χ3v) is 36.1. The van der Waals surface area contributed by atoms with Crippen LogP contribution in [0.1, 0.15) is 211 Å². The summed E-state index contributed by atoms with van der Waals surface area (Å²) in [5.41, 5.74) is 61.7. The Morgan fingerprint density at radius 2 is 0.462 bits per heavy atom. The average Bonchev–Trinajstić information content (AvgIpc) is 1.40. The van der Waals surface area contributed by atoms with Gasteiger partial charge in [0.25, 0.3) is 0 Å². The molecule has 4 heteroatoms. The summed E-state index contributed by atoms with van der Waals surface area (Å²) in [5, 5.41) is 34.4. The van der Waals surface area contributed by atoms with Crippen LogP contribution < -0.4 is 32.8 Å². The van der Waals surface area contributed by atoms with Crippen molar-refractivity contribution in [3.63, 3.8) is 0 Å². The van der Waals surface area contributed by atoms with E-state index in [-0.39, 0.29) is 45.9 Å². The first-order valence-corrected chi connectivity index (χ1v) is 47.3. The fourth-order valence-electron chi connectivity index (χ4n) is 30.3. The zero-order valence-electron chi connectivity index (χ0n) is 76.3. The molecule has 0 atom stereocenters. The Hall–Kier alpha value is -13.9. The van der Waals surface area contributed by atoms with Crippen molar-refractivity contribution < 1.29 is 0 Å². The Balaban J connectivity index is 0.670. The number of nitriles is 2. The Kier molecular flexibility index (Phi) is 12.6. The van der Waals surface area contributed by atoms with Gasteiger partial charge in [0.05, 0.1) is 23.3 Å². The first-order valence-electron chi connectivity index (χ1n) is 47.3. The molecule has 130 heavy (non-hydrogen) atoms. The summed E-state index contributed by atoms with van der Waals surface area (Å²) in [6.07, 6.45) is 0. The summed E-state index contributed by atoms with van der Waals surface area (Å²) < 4.78 is 0. The molecule has 0 fully saturated rings. The minimum atomic E-state index is -0.476. The van der Waals surface area contributed by atoms with Crippen molar-refractivity contribution in [1.29, 1.82) is 10.5 Å². The molecular weight excluding hydrogens is 1560 g/mol. The van der Waals surface area contributed by atoms with Gasteiger partial charge in [-0.25, -0.2) is 0 Å². The smallest absolute Gasteiger partial charge is 0.192 e. The summed E-state index contributed by atoms with van der Waals surface area (Å²) >= 11 is 0. The molecule has 0 radical (unpaired) electrons. The average molecular weight is 1650 g/mol. The summed E-state index contributed by atoms with van der Waals surface area (Å²) in [7, 11) is 0. The molecule has 30 rings (SSSR count). The standard InChI is InChI=1S/C126H90B2N2/c1-119(2)86-38-26-20-32-69(86)103-91(119)51-75-101-67-30-18-24-36-84(67)122(7,8)95(101)57-99-107(75)111(103)79-45-61(59-129)48-82-114-106-74-49-63(42-44-89(74)124(11,12)92(106)52-76-102-68-31-19-25-37-85(68)123(9,10)96(102)58-100(108(76)114)128(99)118(79)82)64-41-43-66-73-56-98-110-78(116(73)126(15,16)90(66)50-64)54-94-105(71-34-22-28-40-88(71)121(94,5)6)113(110)81-47-62(60-130)46-80-112-104-70-33-21-27-39-87(70)120(3,4)93(104)53-77-109(112)97(127(98)117(80)81)55-72-65-29-17-23-35-83(65)125(13,14)115(72)77/h17-58H,1-16H3. The molecule has 0 aromatic heterocycles. The van der Waals surface area contributed by atoms with Gasteiger partial charge in [0.2, 0.25) is 13.4 Å². The maximum absolute atomic E-state index is 12.0. The molecule has 18 aromatic rings. The molecular formula is C126H90B2N2. The van der Waals surface area contributed by atoms with E-state index in [2.05, 4.69) is 378 Å². The number of hydrogen-bond donors (Lipinski definition) is 0. The number of benzene rings is 18. The monoisotopic (exact) mass is 1650 g/mol. The molecule has 0 spiro atoms. The predicted molar refractivity (Wildman–Crippen MR) is 543 cm³/mol. The van der Waals surface area contributed by atoms with E-state index < -0.39 is 10.8 Å². The van der Waals surface area contributed by atoms with Crippen molar-refractivity contribution >= 4 is 89.3 Å². The third kappa shape index (κ3) is 7.89. The van der Waals surface area contributed by atoms with Crippen LogP contribution in [-0.4, -0.2) is 13.4 Å². The van der Waals surface area contributed by atoms with Gasteiger partial charge in [-0.2, -0.15) is 10.5 Å². The van der Waals surface area contributed by atoms with Gasteiger partial charge in [-0.3, -0.25) is 0 Å². The van der Waals surface area contributed by atoms with Crippen LogP contribution in [0.15, 0.2) is 255 Å². The zero-order valence-corrected chi connectivity index (χ0v) is 76.3. The Morgan fingerprint density at radius 1 is 0.192 bits per heavy atom. The first-order chi connectivity index (χ1) is 62.5. The predicted octanol–water partition coefficient (Wildman–Crippen LogP) is 27.1. The van der Waals surface area contributed by atoms with E-state index in [1.807, 2.05) is 0 Å². The van der Waals surface area contributed by atoms with Crippen LogP contribution in [0.5, 0.6) is 0 Å². The van der Waals surface area contributed by atoms with Gasteiger partial charge in [-0.15, -0.1) is 0 Å². The molecule has 0 amide bonds. The van der Waals surface area contributed by atoms with Gasteiger partial charge >= 0.3 is 0 Å². The van der Waals surface area contributed by atoms with E-state index in [0.29, 0.717) is 11.1 Å². The molecule has 18 aromatic carbocycles. The molecule has 0 saturated carbocycles. The highest BCUT2D eigenvalue weighted by molar-refractivity contribution is 7.02. The Bertz CT molecular complexity index is 8940. The van der Waals surface area contributed by atoms with Gasteiger partial charge in [-0.1, -0.05) is 338 Å². The number of rotatable bonds is 1. The second kappa shape index (κ2) is 22.5. The molecule has 0 N–H and O–H groups in total. The maximum Gasteiger partial charge on any atom is 0.244 e. The van der Waals surface area contributed by atoms with Gasteiger partial charge in [0.15, 0.2) is 0 Å². The summed E-state index contributed by atoms with van der Waals surface area (Å²) in [5.74, 6) is 0. The Labute approximate surface area is 760 Å². The van der Waals surface area contributed by atoms with Crippen LogP contribution in [0.25, 0.3) is 188 Å². The molecule has 2 nitrogen and oxygen atoms in total. The Morgan fingerprint density at radius 3 is 0.831 bits per heavy atom. The molecule has 8 aliphatic carbocycles. The van der Waals surface area contributed by atoms with Crippen LogP contribution in [0.4, 0.5) is 0 Å². The molecule has 12 aliphatic rings. The second-order valence-electron chi connectivity index (χ2n) is 44.8. The van der Waals surface area contributed by atoms with E-state index >= 15 is 0 Å². The number of nitrogens with zero attached hydrogens (tertiary/aromatic N) is 2. The lowest BCUT2D eigenvalue weighted by molar-refractivity contribution is 0.657. The van der Waals surface area contributed by atoms with Crippen LogP contribution in [0, 0.1) is 22.7 Å². The maximum atomic E-state index is 12.0. The largest absolute Gasteiger partial charge is 0.244 e. The van der Waals surface area contributed by atoms with Crippen LogP contribution in [0.2, 0.25) is 0 Å². The van der Waals surface area contributed by atoms with E-state index in [1.54, 1.807) is 0 Å². The molecule has 0 bridgehead atoms. The van der Waals surface area contributed by atoms with E-state index in [4.69, 9.17) is 0 Å². The normalized spacial score (nSPS) is 17.5. The lowest BCUT2D eigenvalue weighted by atomic mass is 9.30. The summed E-state index contributed by atoms with van der Waals surface area (Å²) in [6, 6.07) is 107. The van der Waals surface area contributed by atoms with Crippen LogP contribution in [-0.2, 0) is 43.3 Å². The quantitative estimate of drug-likeness (QED) is 0.154. The van der Waals surface area contributed by atoms with Gasteiger partial charge in [0.1, 0.15) is 0 Å². The highest BCUT2D eigenvalue weighted by Gasteiger charge is 2.55. The van der Waals surface area contributed by atoms with Crippen molar-refractivity contribution in [2.24, 2.45) is 0 Å². The number of fused-ring (bicyclic) bond motifs is 40. The molecule has 0 saturated heterocycles. The topological polar surface area (TPSA) is 47.6 Å². The van der Waals surface area contributed by atoms with E-state index in [1.165, 1.54) is 310 Å². The first kappa shape index (κ1) is 73.1. The fourth-order valence-corrected chi connectivity index (χ4v) is 30.3. The minimum absolute atomic E-state index is 0.157. The van der Waals surface area contributed by atoms with Crippen LogP contribution >= 0.6 is 0 Å². The second-order valence-corrected chi connectivity index (χ2v) is 44.8. The zero-order chi connectivity index (χ0) is 87.8. The van der Waals surface area contributed by atoms with Crippen molar-refractivity contribution in [3.05, 3.63) is 355 Å². The minimum Gasteiger partial charge on any atom is -0.192 e. The fraction of sp³-hybridized carbons (Fsp3) is 0.190. The highest BCUT2D eigenvalue weighted by atomic mass is 14.5. The SMILES string of the molecule is CC1(C)c2ccccc2-c2c1cc1c3c(cc4c1c2-c1cc(C#N)cc2c1B4c1cc4c(c5cc6c(c-2c15)-c1cc(-c2ccc5c(c2)C(C)(C)c2c-5cc5c7c(c8c(cc27)C(C)(C)c2ccccc2-8)-c2cc(C#N)cc7c2B5c2cc5c(c8cc9c(c-7c28)-c2ccccc2C9(C)C)C(C)(C)c2ccccc2-5)ccc1C6(C)C)-c1ccccc1C4(C)C)C(C)(C)c1ccccc1-3. The molecule has 4 aliphatic heterocycles. The van der Waals surface area contributed by atoms with Crippen molar-refractivity contribution in [1.82, 2.24) is 0 Å². The number of hydrogen-bond acceptors (Lipinski definition) is 2. The van der Waals surface area contributed by atoms with Crippen LogP contribution in [0.3, 0.4) is 0 Å². The van der Waals surface area contributed by atoms with Gasteiger partial charge < -0.3 is 0 Å². The van der Waals surface area contributed by atoms with Crippen molar-refractivity contribution in [2.45, 2.75) is 154 Å². The van der Waals surface area contributed by atoms with Gasteiger partial charge in [-0.05, 0) is 337 Å². The van der Waals surface area contributed by atoms with E-state index in [0.717, 1.165) is 0 Å². The molecule has 4 heterocycles. The van der Waals surface area contributed by atoms with Crippen molar-refractivity contribution in [2.75, 3.05) is 0 Å². The van der Waals surface area contributed by atoms with Crippen molar-refractivity contribution in [3.8, 4) is 157 Å². The lowest BCUT2D eigenvalue weighted by Gasteiger charge is -2.38.